The maximum atomic E-state index is 14.0. The summed E-state index contributed by atoms with van der Waals surface area (Å²) in [7, 11) is 0. The number of benzene rings is 1. The SMILES string of the molecule is Cc1c(C2CC2)cnc2c(-c3ccc(F)c4[nH]ncc34)c(N)c(=O)[nH]c12. The van der Waals surface area contributed by atoms with E-state index in [0.29, 0.717) is 33.5 Å². The fraction of sp³-hybridized carbons (Fsp3) is 0.211. The highest BCUT2D eigenvalue weighted by atomic mass is 19.1. The molecule has 1 saturated carbocycles. The molecule has 0 unspecified atom stereocenters. The second-order valence-electron chi connectivity index (χ2n) is 6.83. The molecule has 0 amide bonds. The first-order chi connectivity index (χ1) is 12.6. The van der Waals surface area contributed by atoms with E-state index in [9.17, 15) is 9.18 Å². The molecule has 0 saturated heterocycles. The summed E-state index contributed by atoms with van der Waals surface area (Å²) in [6, 6.07) is 2.96. The van der Waals surface area contributed by atoms with Gasteiger partial charge in [-0.2, -0.15) is 5.10 Å². The van der Waals surface area contributed by atoms with Crippen LogP contribution < -0.4 is 11.3 Å². The molecule has 0 bridgehead atoms. The van der Waals surface area contributed by atoms with Crippen LogP contribution in [-0.2, 0) is 0 Å². The number of aromatic nitrogens is 4. The molecule has 130 valence electrons. The Bertz CT molecular complexity index is 1250. The van der Waals surface area contributed by atoms with E-state index in [1.165, 1.54) is 12.3 Å². The van der Waals surface area contributed by atoms with Gasteiger partial charge in [-0.05, 0) is 48.4 Å². The third-order valence-corrected chi connectivity index (χ3v) is 5.22. The van der Waals surface area contributed by atoms with Gasteiger partial charge in [0.15, 0.2) is 0 Å². The summed E-state index contributed by atoms with van der Waals surface area (Å²) >= 11 is 0. The van der Waals surface area contributed by atoms with Crippen LogP contribution in [0.2, 0.25) is 0 Å². The summed E-state index contributed by atoms with van der Waals surface area (Å²) in [4.78, 5) is 20.0. The van der Waals surface area contributed by atoms with Crippen molar-refractivity contribution in [3.8, 4) is 11.1 Å². The van der Waals surface area contributed by atoms with Crippen molar-refractivity contribution in [2.24, 2.45) is 0 Å². The van der Waals surface area contributed by atoms with E-state index >= 15 is 0 Å². The Labute approximate surface area is 147 Å². The average molecular weight is 349 g/mol. The van der Waals surface area contributed by atoms with Gasteiger partial charge in [-0.25, -0.2) is 4.39 Å². The number of aromatic amines is 2. The lowest BCUT2D eigenvalue weighted by molar-refractivity contribution is 0.636. The number of nitrogens with two attached hydrogens (primary N) is 1. The predicted molar refractivity (Wildman–Crippen MR) is 98.5 cm³/mol. The molecule has 5 rings (SSSR count). The number of hydrogen-bond acceptors (Lipinski definition) is 4. The predicted octanol–water partition coefficient (Wildman–Crippen LogP) is 3.37. The Balaban J connectivity index is 1.91. The molecule has 3 aromatic heterocycles. The smallest absolute Gasteiger partial charge is 0.272 e. The Morgan fingerprint density at radius 2 is 2.04 bits per heavy atom. The molecular weight excluding hydrogens is 333 g/mol. The second-order valence-corrected chi connectivity index (χ2v) is 6.83. The van der Waals surface area contributed by atoms with Crippen LogP contribution in [0.4, 0.5) is 10.1 Å². The molecular formula is C19H16FN5O. The van der Waals surface area contributed by atoms with Crippen molar-refractivity contribution in [2.75, 3.05) is 5.73 Å². The number of nitrogen functional groups attached to an aromatic ring is 1. The first-order valence-corrected chi connectivity index (χ1v) is 8.49. The van der Waals surface area contributed by atoms with Gasteiger partial charge in [0, 0.05) is 17.1 Å². The van der Waals surface area contributed by atoms with E-state index in [1.54, 1.807) is 6.07 Å². The van der Waals surface area contributed by atoms with Gasteiger partial charge in [0.1, 0.15) is 17.0 Å². The molecule has 4 aromatic rings. The Hall–Kier alpha value is -3.22. The second kappa shape index (κ2) is 5.14. The monoisotopic (exact) mass is 349 g/mol. The molecule has 6 nitrogen and oxygen atoms in total. The molecule has 3 heterocycles. The summed E-state index contributed by atoms with van der Waals surface area (Å²) in [5.41, 5.74) is 10.7. The minimum atomic E-state index is -0.408. The lowest BCUT2D eigenvalue weighted by Gasteiger charge is -2.14. The van der Waals surface area contributed by atoms with Gasteiger partial charge in [0.05, 0.1) is 17.2 Å². The highest BCUT2D eigenvalue weighted by Crippen LogP contribution is 2.43. The molecule has 4 N–H and O–H groups in total. The number of rotatable bonds is 2. The first kappa shape index (κ1) is 15.1. The summed E-state index contributed by atoms with van der Waals surface area (Å²) in [6.45, 7) is 1.99. The molecule has 1 aromatic carbocycles. The van der Waals surface area contributed by atoms with Gasteiger partial charge in [0.25, 0.3) is 5.56 Å². The molecule has 1 fully saturated rings. The van der Waals surface area contributed by atoms with Crippen LogP contribution in [0.25, 0.3) is 33.1 Å². The van der Waals surface area contributed by atoms with Gasteiger partial charge >= 0.3 is 0 Å². The lowest BCUT2D eigenvalue weighted by atomic mass is 9.97. The number of hydrogen-bond donors (Lipinski definition) is 3. The third kappa shape index (κ3) is 2.00. The van der Waals surface area contributed by atoms with Crippen LogP contribution in [0.3, 0.4) is 0 Å². The van der Waals surface area contributed by atoms with Gasteiger partial charge in [-0.3, -0.25) is 14.9 Å². The minimum Gasteiger partial charge on any atom is -0.394 e. The fourth-order valence-corrected chi connectivity index (χ4v) is 3.68. The standard InChI is InChI=1S/C19H16FN5O/c1-8-11(9-2-3-9)6-22-18-14(15(21)19(26)24-16(8)18)10-4-5-13(20)17-12(10)7-23-25-17/h4-7,9H,2-3,21H2,1H3,(H,23,25)(H,24,26). The molecule has 26 heavy (non-hydrogen) atoms. The number of anilines is 1. The Morgan fingerprint density at radius 1 is 1.23 bits per heavy atom. The molecule has 7 heteroatoms. The van der Waals surface area contributed by atoms with E-state index < -0.39 is 5.82 Å². The van der Waals surface area contributed by atoms with Gasteiger partial charge in [-0.1, -0.05) is 6.07 Å². The van der Waals surface area contributed by atoms with Gasteiger partial charge < -0.3 is 10.7 Å². The van der Waals surface area contributed by atoms with Crippen molar-refractivity contribution in [1.29, 1.82) is 0 Å². The maximum absolute atomic E-state index is 14.0. The van der Waals surface area contributed by atoms with E-state index in [4.69, 9.17) is 5.73 Å². The van der Waals surface area contributed by atoms with Crippen molar-refractivity contribution in [3.05, 3.63) is 51.8 Å². The van der Waals surface area contributed by atoms with Crippen LogP contribution in [0, 0.1) is 12.7 Å². The number of halogens is 1. The van der Waals surface area contributed by atoms with Crippen LogP contribution in [-0.4, -0.2) is 20.2 Å². The molecule has 0 atom stereocenters. The normalized spacial score (nSPS) is 14.4. The lowest BCUT2D eigenvalue weighted by Crippen LogP contribution is -2.15. The van der Waals surface area contributed by atoms with Crippen LogP contribution in [0.5, 0.6) is 0 Å². The summed E-state index contributed by atoms with van der Waals surface area (Å²) in [5.74, 6) is 0.108. The Kier molecular flexibility index (Phi) is 2.98. The van der Waals surface area contributed by atoms with Crippen molar-refractivity contribution >= 4 is 27.6 Å². The Morgan fingerprint density at radius 3 is 2.81 bits per heavy atom. The summed E-state index contributed by atoms with van der Waals surface area (Å²) < 4.78 is 14.0. The van der Waals surface area contributed by atoms with Crippen LogP contribution in [0.15, 0.2) is 29.3 Å². The molecule has 1 aliphatic carbocycles. The first-order valence-electron chi connectivity index (χ1n) is 8.49. The zero-order valence-corrected chi connectivity index (χ0v) is 14.1. The quantitative estimate of drug-likeness (QED) is 0.516. The number of pyridine rings is 2. The molecule has 1 aliphatic rings. The highest BCUT2D eigenvalue weighted by Gasteiger charge is 2.27. The molecule has 0 aliphatic heterocycles. The number of H-pyrrole nitrogens is 2. The van der Waals surface area contributed by atoms with E-state index in [-0.39, 0.29) is 16.8 Å². The van der Waals surface area contributed by atoms with Crippen molar-refractivity contribution in [1.82, 2.24) is 20.2 Å². The summed E-state index contributed by atoms with van der Waals surface area (Å²) in [6.07, 6.45) is 5.69. The zero-order chi connectivity index (χ0) is 18.0. The van der Waals surface area contributed by atoms with E-state index in [2.05, 4.69) is 20.2 Å². The highest BCUT2D eigenvalue weighted by molar-refractivity contribution is 6.06. The van der Waals surface area contributed by atoms with Crippen molar-refractivity contribution < 1.29 is 4.39 Å². The van der Waals surface area contributed by atoms with Gasteiger partial charge in [0.2, 0.25) is 0 Å². The topological polar surface area (TPSA) is 100 Å². The fourth-order valence-electron chi connectivity index (χ4n) is 3.68. The van der Waals surface area contributed by atoms with E-state index in [1.807, 2.05) is 13.1 Å². The zero-order valence-electron chi connectivity index (χ0n) is 14.1. The van der Waals surface area contributed by atoms with E-state index in [0.717, 1.165) is 24.0 Å². The number of nitrogens with one attached hydrogen (secondary N) is 2. The molecule has 0 spiro atoms. The number of aryl methyl sites for hydroxylation is 1. The maximum Gasteiger partial charge on any atom is 0.272 e. The van der Waals surface area contributed by atoms with Gasteiger partial charge in [-0.15, -0.1) is 0 Å². The number of nitrogens with zero attached hydrogens (tertiary/aromatic N) is 2. The largest absolute Gasteiger partial charge is 0.394 e. The van der Waals surface area contributed by atoms with Crippen LogP contribution >= 0.6 is 0 Å². The molecule has 0 radical (unpaired) electrons. The number of fused-ring (bicyclic) bond motifs is 2. The minimum absolute atomic E-state index is 0.0673. The van der Waals surface area contributed by atoms with Crippen molar-refractivity contribution in [2.45, 2.75) is 25.7 Å². The third-order valence-electron chi connectivity index (χ3n) is 5.22. The van der Waals surface area contributed by atoms with Crippen LogP contribution in [0.1, 0.15) is 29.9 Å². The summed E-state index contributed by atoms with van der Waals surface area (Å²) in [5, 5.41) is 7.15. The average Bonchev–Trinajstić information content (AvgIpc) is 3.34. The van der Waals surface area contributed by atoms with Crippen molar-refractivity contribution in [3.63, 3.8) is 0 Å².